The maximum atomic E-state index is 11.3. The normalized spacial score (nSPS) is 12.3. The lowest BCUT2D eigenvalue weighted by Gasteiger charge is -2.15. The first-order valence-electron chi connectivity index (χ1n) is 6.35. The van der Waals surface area contributed by atoms with Crippen LogP contribution in [0.25, 0.3) is 10.9 Å². The zero-order chi connectivity index (χ0) is 14.5. The lowest BCUT2D eigenvalue weighted by Crippen LogP contribution is -2.18. The second-order valence-electron chi connectivity index (χ2n) is 4.69. The van der Waals surface area contributed by atoms with Crippen molar-refractivity contribution in [2.45, 2.75) is 6.92 Å². The quantitative estimate of drug-likeness (QED) is 0.839. The van der Waals surface area contributed by atoms with E-state index in [4.69, 9.17) is 4.74 Å². The third kappa shape index (κ3) is 3.03. The van der Waals surface area contributed by atoms with Gasteiger partial charge in [-0.15, -0.1) is 10.2 Å². The minimum atomic E-state index is -1.09. The monoisotopic (exact) mass is 275 g/mol. The molecule has 1 atom stereocenters. The molecule has 1 aromatic heterocycles. The Morgan fingerprint density at radius 3 is 2.85 bits per heavy atom. The molecular formula is C14H17N3O3. The molecule has 1 heterocycles. The van der Waals surface area contributed by atoms with E-state index in [1.165, 1.54) is 0 Å². The lowest BCUT2D eigenvalue weighted by molar-refractivity contribution is 0.0690. The summed E-state index contributed by atoms with van der Waals surface area (Å²) in [6.07, 6.45) is 0. The van der Waals surface area contributed by atoms with Crippen LogP contribution in [0.15, 0.2) is 24.3 Å². The molecule has 2 rings (SSSR count). The van der Waals surface area contributed by atoms with Gasteiger partial charge in [0, 0.05) is 19.0 Å². The molecule has 106 valence electrons. The van der Waals surface area contributed by atoms with Gasteiger partial charge < -0.3 is 15.2 Å². The number of nitrogens with one attached hydrogen (secondary N) is 1. The van der Waals surface area contributed by atoms with E-state index in [1.807, 2.05) is 25.1 Å². The molecule has 2 aromatic rings. The molecule has 0 aliphatic carbocycles. The number of methoxy groups -OCH3 is 1. The zero-order valence-corrected chi connectivity index (χ0v) is 11.5. The first-order chi connectivity index (χ1) is 9.63. The molecule has 0 fully saturated rings. The fourth-order valence-electron chi connectivity index (χ4n) is 2.00. The summed E-state index contributed by atoms with van der Waals surface area (Å²) in [5, 5.41) is 20.9. The van der Waals surface area contributed by atoms with Gasteiger partial charge in [-0.3, -0.25) is 0 Å². The van der Waals surface area contributed by atoms with Crippen molar-refractivity contribution in [3.8, 4) is 0 Å². The van der Waals surface area contributed by atoms with Crippen LogP contribution < -0.4 is 5.32 Å². The molecule has 1 aromatic carbocycles. The predicted molar refractivity (Wildman–Crippen MR) is 76.0 cm³/mol. The Labute approximate surface area is 116 Å². The van der Waals surface area contributed by atoms with E-state index in [9.17, 15) is 9.90 Å². The highest BCUT2D eigenvalue weighted by Gasteiger charge is 2.16. The van der Waals surface area contributed by atoms with Crippen molar-refractivity contribution in [2.75, 3.05) is 25.6 Å². The molecule has 0 bridgehead atoms. The van der Waals surface area contributed by atoms with E-state index in [-0.39, 0.29) is 11.6 Å². The van der Waals surface area contributed by atoms with Crippen molar-refractivity contribution >= 4 is 22.6 Å². The number of hydrogen-bond acceptors (Lipinski definition) is 5. The van der Waals surface area contributed by atoms with E-state index in [1.54, 1.807) is 13.2 Å². The minimum absolute atomic E-state index is 0.0617. The molecule has 0 saturated carbocycles. The van der Waals surface area contributed by atoms with Crippen LogP contribution in [0.2, 0.25) is 0 Å². The van der Waals surface area contributed by atoms with Crippen LogP contribution in [0, 0.1) is 5.92 Å². The standard InChI is InChI=1S/C14H17N3O3/c1-9(8-20-2)7-15-12-10-5-3-4-6-11(10)16-17-13(12)14(18)19/h3-6,9H,7-8H2,1-2H3,(H,15,16)(H,18,19). The Morgan fingerprint density at radius 1 is 1.40 bits per heavy atom. The third-order valence-corrected chi connectivity index (χ3v) is 2.95. The number of aromatic nitrogens is 2. The van der Waals surface area contributed by atoms with Crippen LogP contribution in [0.3, 0.4) is 0 Å². The van der Waals surface area contributed by atoms with Crippen molar-refractivity contribution in [1.29, 1.82) is 0 Å². The number of ether oxygens (including phenoxy) is 1. The summed E-state index contributed by atoms with van der Waals surface area (Å²) in [5.41, 5.74) is 1.11. The summed E-state index contributed by atoms with van der Waals surface area (Å²) in [7, 11) is 1.64. The van der Waals surface area contributed by atoms with Crippen molar-refractivity contribution in [2.24, 2.45) is 5.92 Å². The number of carboxylic acids is 1. The summed E-state index contributed by atoms with van der Waals surface area (Å²) in [6, 6.07) is 7.33. The molecule has 1 unspecified atom stereocenters. The largest absolute Gasteiger partial charge is 0.476 e. The minimum Gasteiger partial charge on any atom is -0.476 e. The number of hydrogen-bond donors (Lipinski definition) is 2. The van der Waals surface area contributed by atoms with Gasteiger partial charge in [-0.1, -0.05) is 25.1 Å². The van der Waals surface area contributed by atoms with Crippen molar-refractivity contribution in [3.63, 3.8) is 0 Å². The van der Waals surface area contributed by atoms with E-state index in [0.717, 1.165) is 5.39 Å². The summed E-state index contributed by atoms with van der Waals surface area (Å²) < 4.78 is 5.07. The molecule has 6 heteroatoms. The number of rotatable bonds is 6. The van der Waals surface area contributed by atoms with E-state index < -0.39 is 5.97 Å². The van der Waals surface area contributed by atoms with Gasteiger partial charge in [0.25, 0.3) is 0 Å². The number of carbonyl (C=O) groups is 1. The number of anilines is 1. The predicted octanol–water partition coefficient (Wildman–Crippen LogP) is 2.02. The molecule has 6 nitrogen and oxygen atoms in total. The summed E-state index contributed by atoms with van der Waals surface area (Å²) in [6.45, 7) is 3.23. The Hall–Kier alpha value is -2.21. The Kier molecular flexibility index (Phi) is 4.47. The first kappa shape index (κ1) is 14.2. The molecule has 0 amide bonds. The van der Waals surface area contributed by atoms with Crippen LogP contribution in [0.5, 0.6) is 0 Å². The third-order valence-electron chi connectivity index (χ3n) is 2.95. The van der Waals surface area contributed by atoms with Gasteiger partial charge >= 0.3 is 5.97 Å². The van der Waals surface area contributed by atoms with Gasteiger partial charge in [0.2, 0.25) is 0 Å². The van der Waals surface area contributed by atoms with Crippen molar-refractivity contribution in [1.82, 2.24) is 10.2 Å². The maximum Gasteiger partial charge on any atom is 0.358 e. The van der Waals surface area contributed by atoms with Crippen molar-refractivity contribution < 1.29 is 14.6 Å². The van der Waals surface area contributed by atoms with Gasteiger partial charge in [0.05, 0.1) is 17.8 Å². The number of nitrogens with zero attached hydrogens (tertiary/aromatic N) is 2. The van der Waals surface area contributed by atoms with Crippen molar-refractivity contribution in [3.05, 3.63) is 30.0 Å². The lowest BCUT2D eigenvalue weighted by atomic mass is 10.1. The number of benzene rings is 1. The Balaban J connectivity index is 2.37. The Bertz CT molecular complexity index is 616. The second kappa shape index (κ2) is 6.29. The van der Waals surface area contributed by atoms with E-state index in [2.05, 4.69) is 15.5 Å². The molecule has 0 radical (unpaired) electrons. The number of aromatic carboxylic acids is 1. The van der Waals surface area contributed by atoms with Gasteiger partial charge in [0.15, 0.2) is 5.69 Å². The topological polar surface area (TPSA) is 84.3 Å². The highest BCUT2D eigenvalue weighted by Crippen LogP contribution is 2.24. The van der Waals surface area contributed by atoms with Crippen LogP contribution in [0.4, 0.5) is 5.69 Å². The molecular weight excluding hydrogens is 258 g/mol. The number of carboxylic acid groups (broad SMARTS) is 1. The summed E-state index contributed by atoms with van der Waals surface area (Å²) in [5.74, 6) is -0.835. The fourth-order valence-corrected chi connectivity index (χ4v) is 2.00. The zero-order valence-electron chi connectivity index (χ0n) is 11.5. The number of fused-ring (bicyclic) bond motifs is 1. The average molecular weight is 275 g/mol. The van der Waals surface area contributed by atoms with Gasteiger partial charge in [0.1, 0.15) is 0 Å². The van der Waals surface area contributed by atoms with Gasteiger partial charge in [-0.25, -0.2) is 4.79 Å². The molecule has 0 saturated heterocycles. The molecule has 0 aliphatic heterocycles. The van der Waals surface area contributed by atoms with E-state index >= 15 is 0 Å². The fraction of sp³-hybridized carbons (Fsp3) is 0.357. The van der Waals surface area contributed by atoms with Gasteiger partial charge in [-0.05, 0) is 12.0 Å². The highest BCUT2D eigenvalue weighted by molar-refractivity contribution is 6.02. The smallest absolute Gasteiger partial charge is 0.358 e. The van der Waals surface area contributed by atoms with Crippen LogP contribution >= 0.6 is 0 Å². The second-order valence-corrected chi connectivity index (χ2v) is 4.69. The van der Waals surface area contributed by atoms with Crippen LogP contribution in [0.1, 0.15) is 17.4 Å². The Morgan fingerprint density at radius 2 is 2.15 bits per heavy atom. The summed E-state index contributed by atoms with van der Waals surface area (Å²) in [4.78, 5) is 11.3. The van der Waals surface area contributed by atoms with Crippen LogP contribution in [-0.4, -0.2) is 41.5 Å². The molecule has 0 aliphatic rings. The van der Waals surface area contributed by atoms with E-state index in [0.29, 0.717) is 24.4 Å². The molecule has 0 spiro atoms. The molecule has 2 N–H and O–H groups in total. The van der Waals surface area contributed by atoms with Gasteiger partial charge in [-0.2, -0.15) is 0 Å². The maximum absolute atomic E-state index is 11.3. The highest BCUT2D eigenvalue weighted by atomic mass is 16.5. The SMILES string of the molecule is COCC(C)CNc1c(C(=O)O)nnc2ccccc12. The molecule has 20 heavy (non-hydrogen) atoms. The summed E-state index contributed by atoms with van der Waals surface area (Å²) >= 11 is 0. The first-order valence-corrected chi connectivity index (χ1v) is 6.35. The van der Waals surface area contributed by atoms with Crippen LogP contribution in [-0.2, 0) is 4.74 Å². The average Bonchev–Trinajstić information content (AvgIpc) is 2.44.